The standard InChI is InChI=1S/C17H29N3O/c1-17(2,3)20(11-7-6-10-19(4)5)13-16-12-15(14-21)8-9-18-16/h6-9,12,21H,10-11,13-14H2,1-5H3/b7-6+. The molecule has 1 aromatic heterocycles. The Hall–Kier alpha value is -1.23. The molecule has 0 aliphatic rings. The van der Waals surface area contributed by atoms with Crippen LogP contribution in [-0.4, -0.2) is 52.6 Å². The smallest absolute Gasteiger partial charge is 0.0683 e. The fraction of sp³-hybridized carbons (Fsp3) is 0.588. The van der Waals surface area contributed by atoms with E-state index >= 15 is 0 Å². The van der Waals surface area contributed by atoms with Gasteiger partial charge in [-0.2, -0.15) is 0 Å². The summed E-state index contributed by atoms with van der Waals surface area (Å²) in [5, 5.41) is 9.22. The van der Waals surface area contributed by atoms with Gasteiger partial charge in [-0.3, -0.25) is 9.88 Å². The number of likely N-dealkylation sites (N-methyl/N-ethyl adjacent to an activating group) is 1. The van der Waals surface area contributed by atoms with Crippen molar-refractivity contribution in [1.29, 1.82) is 0 Å². The van der Waals surface area contributed by atoms with E-state index in [1.54, 1.807) is 6.20 Å². The van der Waals surface area contributed by atoms with Crippen molar-refractivity contribution < 1.29 is 5.11 Å². The molecule has 0 fully saturated rings. The van der Waals surface area contributed by atoms with Crippen LogP contribution in [-0.2, 0) is 13.2 Å². The summed E-state index contributed by atoms with van der Waals surface area (Å²) in [6, 6.07) is 3.82. The summed E-state index contributed by atoms with van der Waals surface area (Å²) < 4.78 is 0. The normalized spacial score (nSPS) is 12.8. The SMILES string of the molecule is CN(C)C/C=C/CN(Cc1cc(CO)ccn1)C(C)(C)C. The van der Waals surface area contributed by atoms with Crippen LogP contribution in [0.2, 0.25) is 0 Å². The van der Waals surface area contributed by atoms with E-state index in [2.05, 4.69) is 61.8 Å². The maximum Gasteiger partial charge on any atom is 0.0683 e. The number of aromatic nitrogens is 1. The van der Waals surface area contributed by atoms with Gasteiger partial charge in [0.15, 0.2) is 0 Å². The van der Waals surface area contributed by atoms with E-state index in [1.807, 2.05) is 12.1 Å². The number of nitrogens with zero attached hydrogens (tertiary/aromatic N) is 3. The van der Waals surface area contributed by atoms with Crippen molar-refractivity contribution in [2.45, 2.75) is 39.5 Å². The van der Waals surface area contributed by atoms with Crippen molar-refractivity contribution >= 4 is 0 Å². The predicted molar refractivity (Wildman–Crippen MR) is 88.0 cm³/mol. The highest BCUT2D eigenvalue weighted by atomic mass is 16.3. The van der Waals surface area contributed by atoms with Crippen LogP contribution in [0.4, 0.5) is 0 Å². The van der Waals surface area contributed by atoms with Crippen LogP contribution in [0.15, 0.2) is 30.5 Å². The second-order valence-corrected chi connectivity index (χ2v) is 6.60. The fourth-order valence-corrected chi connectivity index (χ4v) is 1.97. The van der Waals surface area contributed by atoms with E-state index in [-0.39, 0.29) is 12.1 Å². The molecule has 1 rings (SSSR count). The molecule has 0 aliphatic heterocycles. The molecule has 4 nitrogen and oxygen atoms in total. The first-order valence-electron chi connectivity index (χ1n) is 7.42. The Kier molecular flexibility index (Phi) is 7.02. The molecule has 1 aromatic rings. The number of aliphatic hydroxyl groups excluding tert-OH is 1. The second-order valence-electron chi connectivity index (χ2n) is 6.60. The van der Waals surface area contributed by atoms with Crippen molar-refractivity contribution in [2.24, 2.45) is 0 Å². The summed E-state index contributed by atoms with van der Waals surface area (Å²) in [6.45, 7) is 9.32. The van der Waals surface area contributed by atoms with Gasteiger partial charge in [0.25, 0.3) is 0 Å². The number of hydrogen-bond acceptors (Lipinski definition) is 4. The Balaban J connectivity index is 2.72. The maximum absolute atomic E-state index is 9.22. The molecule has 118 valence electrons. The third kappa shape index (κ3) is 6.85. The zero-order valence-electron chi connectivity index (χ0n) is 14.0. The lowest BCUT2D eigenvalue weighted by Crippen LogP contribution is -2.41. The minimum absolute atomic E-state index is 0.0633. The molecule has 0 saturated carbocycles. The van der Waals surface area contributed by atoms with Crippen LogP contribution >= 0.6 is 0 Å². The van der Waals surface area contributed by atoms with E-state index in [1.165, 1.54) is 0 Å². The molecule has 0 aromatic carbocycles. The van der Waals surface area contributed by atoms with Crippen LogP contribution in [0.3, 0.4) is 0 Å². The molecule has 1 heterocycles. The monoisotopic (exact) mass is 291 g/mol. The molecular formula is C17H29N3O. The van der Waals surface area contributed by atoms with Gasteiger partial charge >= 0.3 is 0 Å². The first-order valence-corrected chi connectivity index (χ1v) is 7.42. The van der Waals surface area contributed by atoms with Gasteiger partial charge in [-0.05, 0) is 52.6 Å². The zero-order valence-corrected chi connectivity index (χ0v) is 14.0. The molecule has 0 aliphatic carbocycles. The van der Waals surface area contributed by atoms with Gasteiger partial charge in [0, 0.05) is 31.4 Å². The van der Waals surface area contributed by atoms with Crippen LogP contribution < -0.4 is 0 Å². The molecule has 4 heteroatoms. The molecule has 0 radical (unpaired) electrons. The lowest BCUT2D eigenvalue weighted by Gasteiger charge is -2.34. The first kappa shape index (κ1) is 17.8. The van der Waals surface area contributed by atoms with Crippen LogP contribution in [0.5, 0.6) is 0 Å². The molecule has 1 N–H and O–H groups in total. The minimum Gasteiger partial charge on any atom is -0.392 e. The van der Waals surface area contributed by atoms with Gasteiger partial charge in [0.2, 0.25) is 0 Å². The quantitative estimate of drug-likeness (QED) is 0.783. The predicted octanol–water partition coefficient (Wildman–Crippen LogP) is 2.29. The summed E-state index contributed by atoms with van der Waals surface area (Å²) in [4.78, 5) is 8.93. The fourth-order valence-electron chi connectivity index (χ4n) is 1.97. The highest BCUT2D eigenvalue weighted by Gasteiger charge is 2.20. The van der Waals surface area contributed by atoms with Crippen molar-refractivity contribution in [2.75, 3.05) is 27.2 Å². The number of rotatable bonds is 7. The summed E-state index contributed by atoms with van der Waals surface area (Å²) in [7, 11) is 4.13. The molecule has 0 unspecified atom stereocenters. The lowest BCUT2D eigenvalue weighted by atomic mass is 10.1. The van der Waals surface area contributed by atoms with Gasteiger partial charge in [0.05, 0.1) is 12.3 Å². The van der Waals surface area contributed by atoms with E-state index in [0.29, 0.717) is 0 Å². The van der Waals surface area contributed by atoms with Crippen molar-refractivity contribution in [3.05, 3.63) is 41.7 Å². The molecule has 0 spiro atoms. The number of pyridine rings is 1. The van der Waals surface area contributed by atoms with Gasteiger partial charge < -0.3 is 10.0 Å². The topological polar surface area (TPSA) is 39.6 Å². The third-order valence-corrected chi connectivity index (χ3v) is 3.33. The van der Waals surface area contributed by atoms with Gasteiger partial charge in [0.1, 0.15) is 0 Å². The lowest BCUT2D eigenvalue weighted by molar-refractivity contribution is 0.143. The van der Waals surface area contributed by atoms with Crippen LogP contribution in [0.25, 0.3) is 0 Å². The highest BCUT2D eigenvalue weighted by Crippen LogP contribution is 2.17. The van der Waals surface area contributed by atoms with E-state index in [0.717, 1.165) is 30.9 Å². The minimum atomic E-state index is 0.0633. The molecule has 0 saturated heterocycles. The zero-order chi connectivity index (χ0) is 15.9. The highest BCUT2D eigenvalue weighted by molar-refractivity contribution is 5.15. The first-order chi connectivity index (χ1) is 9.82. The maximum atomic E-state index is 9.22. The average molecular weight is 291 g/mol. The summed E-state index contributed by atoms with van der Waals surface area (Å²) in [5.41, 5.74) is 1.98. The largest absolute Gasteiger partial charge is 0.392 e. The molecule has 21 heavy (non-hydrogen) atoms. The summed E-state index contributed by atoms with van der Waals surface area (Å²) in [5.74, 6) is 0. The van der Waals surface area contributed by atoms with Gasteiger partial charge in [-0.15, -0.1) is 0 Å². The van der Waals surface area contributed by atoms with E-state index in [4.69, 9.17) is 0 Å². The van der Waals surface area contributed by atoms with Crippen molar-refractivity contribution in [1.82, 2.24) is 14.8 Å². The summed E-state index contributed by atoms with van der Waals surface area (Å²) in [6.07, 6.45) is 6.17. The summed E-state index contributed by atoms with van der Waals surface area (Å²) >= 11 is 0. The molecule has 0 bridgehead atoms. The molecular weight excluding hydrogens is 262 g/mol. The third-order valence-electron chi connectivity index (χ3n) is 3.33. The molecule has 0 atom stereocenters. The number of aliphatic hydroxyl groups is 1. The molecule has 0 amide bonds. The van der Waals surface area contributed by atoms with Crippen LogP contribution in [0, 0.1) is 0 Å². The Bertz CT molecular complexity index is 450. The van der Waals surface area contributed by atoms with Gasteiger partial charge in [-0.25, -0.2) is 0 Å². The van der Waals surface area contributed by atoms with Crippen LogP contribution in [0.1, 0.15) is 32.0 Å². The number of hydrogen-bond donors (Lipinski definition) is 1. The van der Waals surface area contributed by atoms with E-state index in [9.17, 15) is 5.11 Å². The second kappa shape index (κ2) is 8.27. The van der Waals surface area contributed by atoms with Crippen molar-refractivity contribution in [3.63, 3.8) is 0 Å². The average Bonchev–Trinajstić information content (AvgIpc) is 2.41. The Morgan fingerprint density at radius 1 is 1.19 bits per heavy atom. The Morgan fingerprint density at radius 3 is 2.43 bits per heavy atom. The Labute approximate surface area is 129 Å². The Morgan fingerprint density at radius 2 is 1.86 bits per heavy atom. The van der Waals surface area contributed by atoms with Gasteiger partial charge in [-0.1, -0.05) is 12.2 Å². The van der Waals surface area contributed by atoms with E-state index < -0.39 is 0 Å². The van der Waals surface area contributed by atoms with Crippen molar-refractivity contribution in [3.8, 4) is 0 Å².